The molecule has 1 atom stereocenters. The molecule has 0 aromatic carbocycles. The molecule has 21 heavy (non-hydrogen) atoms. The summed E-state index contributed by atoms with van der Waals surface area (Å²) >= 11 is 0. The molecule has 1 rings (SSSR count). The van der Waals surface area contributed by atoms with Gasteiger partial charge in [0.1, 0.15) is 6.04 Å². The maximum atomic E-state index is 12.3. The zero-order chi connectivity index (χ0) is 16.0. The summed E-state index contributed by atoms with van der Waals surface area (Å²) in [7, 11) is 1.49. The van der Waals surface area contributed by atoms with Crippen molar-refractivity contribution in [1.29, 1.82) is 0 Å². The number of ether oxygens (including phenoxy) is 1. The minimum atomic E-state index is -1.07. The van der Waals surface area contributed by atoms with E-state index in [1.807, 2.05) is 13.8 Å². The third-order valence-electron chi connectivity index (χ3n) is 3.26. The summed E-state index contributed by atoms with van der Waals surface area (Å²) in [5, 5.41) is 16.0. The summed E-state index contributed by atoms with van der Waals surface area (Å²) in [5.74, 6) is -1.48. The fourth-order valence-corrected chi connectivity index (χ4v) is 2.18. The Labute approximate surface area is 124 Å². The number of carboxylic acid groups (broad SMARTS) is 1. The summed E-state index contributed by atoms with van der Waals surface area (Å²) < 4.78 is 6.64. The lowest BCUT2D eigenvalue weighted by Gasteiger charge is -2.14. The number of carbonyl (C=O) groups is 2. The number of aliphatic carboxylic acids is 1. The van der Waals surface area contributed by atoms with Crippen LogP contribution in [-0.2, 0) is 16.1 Å². The molecular weight excluding hydrogens is 274 g/mol. The summed E-state index contributed by atoms with van der Waals surface area (Å²) in [5.41, 5.74) is 1.81. The molecule has 0 spiro atoms. The molecule has 0 aliphatic carbocycles. The molecule has 1 amide bonds. The standard InChI is InChI=1S/C14H23N3O4/c1-5-7-17-10(3)12(9(2)16-17)13(18)15-11(14(19)20)6-8-21-4/h11H,5-8H2,1-4H3,(H,15,18)(H,19,20). The van der Waals surface area contributed by atoms with Crippen molar-refractivity contribution in [3.05, 3.63) is 17.0 Å². The molecular formula is C14H23N3O4. The quantitative estimate of drug-likeness (QED) is 0.750. The summed E-state index contributed by atoms with van der Waals surface area (Å²) in [6.07, 6.45) is 1.13. The Hall–Kier alpha value is -1.89. The van der Waals surface area contributed by atoms with Gasteiger partial charge in [-0.1, -0.05) is 6.92 Å². The van der Waals surface area contributed by atoms with E-state index in [2.05, 4.69) is 10.4 Å². The largest absolute Gasteiger partial charge is 0.480 e. The predicted octanol–water partition coefficient (Wildman–Crippen LogP) is 1.13. The van der Waals surface area contributed by atoms with Crippen molar-refractivity contribution in [3.8, 4) is 0 Å². The van der Waals surface area contributed by atoms with Gasteiger partial charge in [-0.05, 0) is 20.3 Å². The summed E-state index contributed by atoms with van der Waals surface area (Å²) in [6.45, 7) is 6.59. The molecule has 7 heteroatoms. The molecule has 7 nitrogen and oxygen atoms in total. The zero-order valence-electron chi connectivity index (χ0n) is 13.0. The van der Waals surface area contributed by atoms with E-state index in [-0.39, 0.29) is 13.0 Å². The monoisotopic (exact) mass is 297 g/mol. The van der Waals surface area contributed by atoms with Gasteiger partial charge in [-0.15, -0.1) is 0 Å². The third kappa shape index (κ3) is 4.29. The van der Waals surface area contributed by atoms with E-state index in [0.29, 0.717) is 11.3 Å². The SMILES string of the molecule is CCCn1nc(C)c(C(=O)NC(CCOC)C(=O)O)c1C. The smallest absolute Gasteiger partial charge is 0.326 e. The molecule has 2 N–H and O–H groups in total. The predicted molar refractivity (Wildman–Crippen MR) is 77.4 cm³/mol. The number of nitrogens with zero attached hydrogens (tertiary/aromatic N) is 2. The highest BCUT2D eigenvalue weighted by Gasteiger charge is 2.24. The molecule has 118 valence electrons. The van der Waals surface area contributed by atoms with Crippen LogP contribution in [0.1, 0.15) is 41.5 Å². The van der Waals surface area contributed by atoms with Crippen LogP contribution in [0.25, 0.3) is 0 Å². The first-order valence-corrected chi connectivity index (χ1v) is 6.98. The number of hydrogen-bond acceptors (Lipinski definition) is 4. The number of carboxylic acids is 1. The van der Waals surface area contributed by atoms with E-state index in [1.54, 1.807) is 11.6 Å². The van der Waals surface area contributed by atoms with Crippen LogP contribution in [0.5, 0.6) is 0 Å². The maximum absolute atomic E-state index is 12.3. The van der Waals surface area contributed by atoms with Gasteiger partial charge in [0.2, 0.25) is 0 Å². The van der Waals surface area contributed by atoms with Gasteiger partial charge in [-0.2, -0.15) is 5.10 Å². The van der Waals surface area contributed by atoms with Crippen LogP contribution in [0.15, 0.2) is 0 Å². The summed E-state index contributed by atoms with van der Waals surface area (Å²) in [6, 6.07) is -0.967. The second-order valence-corrected chi connectivity index (χ2v) is 4.91. The van der Waals surface area contributed by atoms with Crippen molar-refractivity contribution in [2.24, 2.45) is 0 Å². The molecule has 0 radical (unpaired) electrons. The van der Waals surface area contributed by atoms with Gasteiger partial charge in [0.05, 0.1) is 11.3 Å². The van der Waals surface area contributed by atoms with Crippen LogP contribution < -0.4 is 5.32 Å². The third-order valence-corrected chi connectivity index (χ3v) is 3.26. The molecule has 1 aromatic rings. The number of methoxy groups -OCH3 is 1. The lowest BCUT2D eigenvalue weighted by Crippen LogP contribution is -2.41. The Morgan fingerprint density at radius 2 is 2.10 bits per heavy atom. The molecule has 0 aliphatic heterocycles. The first-order valence-electron chi connectivity index (χ1n) is 6.98. The molecule has 0 saturated heterocycles. The van der Waals surface area contributed by atoms with Crippen molar-refractivity contribution >= 4 is 11.9 Å². The average molecular weight is 297 g/mol. The van der Waals surface area contributed by atoms with Gasteiger partial charge >= 0.3 is 5.97 Å². The zero-order valence-corrected chi connectivity index (χ0v) is 13.0. The highest BCUT2D eigenvalue weighted by atomic mass is 16.5. The Morgan fingerprint density at radius 1 is 1.43 bits per heavy atom. The van der Waals surface area contributed by atoms with E-state index >= 15 is 0 Å². The van der Waals surface area contributed by atoms with E-state index in [4.69, 9.17) is 9.84 Å². The first-order chi connectivity index (χ1) is 9.92. The van der Waals surface area contributed by atoms with Crippen molar-refractivity contribution < 1.29 is 19.4 Å². The van der Waals surface area contributed by atoms with Crippen LogP contribution in [0, 0.1) is 13.8 Å². The van der Waals surface area contributed by atoms with Gasteiger partial charge in [-0.25, -0.2) is 4.79 Å². The molecule has 1 aromatic heterocycles. The van der Waals surface area contributed by atoms with E-state index in [9.17, 15) is 9.59 Å². The van der Waals surface area contributed by atoms with E-state index in [1.165, 1.54) is 7.11 Å². The topological polar surface area (TPSA) is 93.5 Å². The van der Waals surface area contributed by atoms with Crippen LogP contribution in [0.2, 0.25) is 0 Å². The van der Waals surface area contributed by atoms with Crippen LogP contribution in [0.4, 0.5) is 0 Å². The Bertz CT molecular complexity index is 511. The lowest BCUT2D eigenvalue weighted by molar-refractivity contribution is -0.139. The van der Waals surface area contributed by atoms with Gasteiger partial charge < -0.3 is 15.2 Å². The highest BCUT2D eigenvalue weighted by Crippen LogP contribution is 2.14. The van der Waals surface area contributed by atoms with Crippen LogP contribution in [-0.4, -0.2) is 46.5 Å². The average Bonchev–Trinajstić information content (AvgIpc) is 2.69. The van der Waals surface area contributed by atoms with E-state index in [0.717, 1.165) is 18.7 Å². The second kappa shape index (κ2) is 7.78. The summed E-state index contributed by atoms with van der Waals surface area (Å²) in [4.78, 5) is 23.5. The lowest BCUT2D eigenvalue weighted by atomic mass is 10.1. The first kappa shape index (κ1) is 17.2. The number of nitrogens with one attached hydrogen (secondary N) is 1. The number of rotatable bonds is 8. The van der Waals surface area contributed by atoms with Crippen molar-refractivity contribution in [1.82, 2.24) is 15.1 Å². The van der Waals surface area contributed by atoms with E-state index < -0.39 is 17.9 Å². The number of aryl methyl sites for hydroxylation is 2. The second-order valence-electron chi connectivity index (χ2n) is 4.91. The molecule has 0 fully saturated rings. The Morgan fingerprint density at radius 3 is 2.62 bits per heavy atom. The van der Waals surface area contributed by atoms with Crippen molar-refractivity contribution in [3.63, 3.8) is 0 Å². The van der Waals surface area contributed by atoms with Gasteiger partial charge in [0.15, 0.2) is 0 Å². The van der Waals surface area contributed by atoms with Gasteiger partial charge in [0.25, 0.3) is 5.91 Å². The molecule has 0 saturated carbocycles. The number of amides is 1. The highest BCUT2D eigenvalue weighted by molar-refractivity contribution is 5.98. The minimum absolute atomic E-state index is 0.221. The molecule has 1 heterocycles. The number of carbonyl (C=O) groups excluding carboxylic acids is 1. The van der Waals surface area contributed by atoms with Gasteiger partial charge in [0, 0.05) is 32.4 Å². The van der Waals surface area contributed by atoms with Crippen LogP contribution in [0.3, 0.4) is 0 Å². The van der Waals surface area contributed by atoms with Crippen LogP contribution >= 0.6 is 0 Å². The van der Waals surface area contributed by atoms with Gasteiger partial charge in [-0.3, -0.25) is 9.48 Å². The molecule has 0 bridgehead atoms. The Kier molecular flexibility index (Phi) is 6.36. The van der Waals surface area contributed by atoms with Crippen molar-refractivity contribution in [2.45, 2.75) is 46.2 Å². The fraction of sp³-hybridized carbons (Fsp3) is 0.643. The normalized spacial score (nSPS) is 12.2. The molecule has 0 aliphatic rings. The maximum Gasteiger partial charge on any atom is 0.326 e. The number of hydrogen-bond donors (Lipinski definition) is 2. The number of aromatic nitrogens is 2. The fourth-order valence-electron chi connectivity index (χ4n) is 2.18. The van der Waals surface area contributed by atoms with Crippen molar-refractivity contribution in [2.75, 3.05) is 13.7 Å². The minimum Gasteiger partial charge on any atom is -0.480 e. The molecule has 1 unspecified atom stereocenters. The Balaban J connectivity index is 2.89.